The first-order valence-corrected chi connectivity index (χ1v) is 7.35. The molecule has 4 heteroatoms. The van der Waals surface area contributed by atoms with E-state index >= 15 is 0 Å². The summed E-state index contributed by atoms with van der Waals surface area (Å²) in [5, 5.41) is 5.88. The molecule has 4 nitrogen and oxygen atoms in total. The van der Waals surface area contributed by atoms with Gasteiger partial charge in [-0.2, -0.15) is 0 Å². The first-order chi connectivity index (χ1) is 9.76. The van der Waals surface area contributed by atoms with Gasteiger partial charge in [0, 0.05) is 17.5 Å². The SMILES string of the molecule is CC/C=C/N/C(=C(C)/C=C(/C=O)NC(=O)CC)C(C)(C)C. The third-order valence-electron chi connectivity index (χ3n) is 2.83. The number of aldehydes is 1. The Morgan fingerprint density at radius 2 is 1.81 bits per heavy atom. The van der Waals surface area contributed by atoms with Gasteiger partial charge in [0.15, 0.2) is 6.29 Å². The Balaban J connectivity index is 5.46. The Kier molecular flexibility index (Phi) is 8.36. The molecule has 0 saturated carbocycles. The molecule has 0 bridgehead atoms. The molecule has 2 N–H and O–H groups in total. The van der Waals surface area contributed by atoms with Crippen LogP contribution in [0.3, 0.4) is 0 Å². The van der Waals surface area contributed by atoms with Gasteiger partial charge < -0.3 is 10.6 Å². The lowest BCUT2D eigenvalue weighted by atomic mass is 9.88. The molecule has 1 amide bonds. The second-order valence-electron chi connectivity index (χ2n) is 5.88. The van der Waals surface area contributed by atoms with Crippen LogP contribution >= 0.6 is 0 Å². The molecule has 0 radical (unpaired) electrons. The lowest BCUT2D eigenvalue weighted by Crippen LogP contribution is -2.24. The maximum Gasteiger partial charge on any atom is 0.224 e. The summed E-state index contributed by atoms with van der Waals surface area (Å²) in [5.74, 6) is -0.169. The van der Waals surface area contributed by atoms with Crippen LogP contribution in [0.15, 0.2) is 35.3 Å². The van der Waals surface area contributed by atoms with Gasteiger partial charge in [-0.15, -0.1) is 0 Å². The maximum atomic E-state index is 11.4. The minimum Gasteiger partial charge on any atom is -0.365 e. The van der Waals surface area contributed by atoms with E-state index in [1.165, 1.54) is 0 Å². The Morgan fingerprint density at radius 1 is 1.19 bits per heavy atom. The van der Waals surface area contributed by atoms with Crippen LogP contribution in [0.5, 0.6) is 0 Å². The molecule has 0 aromatic rings. The van der Waals surface area contributed by atoms with Crippen LogP contribution in [-0.4, -0.2) is 12.2 Å². The summed E-state index contributed by atoms with van der Waals surface area (Å²) in [5.41, 5.74) is 2.11. The lowest BCUT2D eigenvalue weighted by Gasteiger charge is -2.25. The Bertz CT molecular complexity index is 452. The molecule has 0 unspecified atom stereocenters. The molecule has 118 valence electrons. The van der Waals surface area contributed by atoms with Crippen LogP contribution in [0.2, 0.25) is 0 Å². The standard InChI is InChI=1S/C17H28N2O2/c1-7-9-10-18-16(17(4,5)6)13(3)11-14(12-20)19-15(21)8-2/h9-12,18H,7-8H2,1-6H3,(H,19,21)/b10-9+,14-11-,16-13+. The summed E-state index contributed by atoms with van der Waals surface area (Å²) in [4.78, 5) is 22.5. The monoisotopic (exact) mass is 292 g/mol. The molecule has 0 spiro atoms. The lowest BCUT2D eigenvalue weighted by molar-refractivity contribution is -0.121. The number of rotatable bonds is 7. The molecule has 0 saturated heterocycles. The number of carbonyl (C=O) groups is 2. The molecule has 21 heavy (non-hydrogen) atoms. The van der Waals surface area contributed by atoms with E-state index in [1.807, 2.05) is 19.2 Å². The quantitative estimate of drug-likeness (QED) is 0.429. The molecule has 0 aliphatic carbocycles. The van der Waals surface area contributed by atoms with Gasteiger partial charge in [0.05, 0.1) is 5.70 Å². The first-order valence-electron chi connectivity index (χ1n) is 7.35. The van der Waals surface area contributed by atoms with Crippen molar-refractivity contribution in [2.75, 3.05) is 0 Å². The minimum atomic E-state index is -0.169. The highest BCUT2D eigenvalue weighted by Gasteiger charge is 2.18. The fourth-order valence-corrected chi connectivity index (χ4v) is 1.84. The van der Waals surface area contributed by atoms with Crippen LogP contribution in [0.4, 0.5) is 0 Å². The number of hydrogen-bond donors (Lipinski definition) is 2. The van der Waals surface area contributed by atoms with Gasteiger partial charge in [-0.25, -0.2) is 0 Å². The third-order valence-corrected chi connectivity index (χ3v) is 2.83. The zero-order valence-electron chi connectivity index (χ0n) is 14.0. The van der Waals surface area contributed by atoms with E-state index < -0.39 is 0 Å². The molecule has 0 heterocycles. The Morgan fingerprint density at radius 3 is 2.24 bits per heavy atom. The summed E-state index contributed by atoms with van der Waals surface area (Å²) in [7, 11) is 0. The average Bonchev–Trinajstić information content (AvgIpc) is 2.40. The molecule has 0 atom stereocenters. The number of allylic oxidation sites excluding steroid dienone is 5. The van der Waals surface area contributed by atoms with Gasteiger partial charge >= 0.3 is 0 Å². The van der Waals surface area contributed by atoms with Crippen LogP contribution in [0.25, 0.3) is 0 Å². The van der Waals surface area contributed by atoms with E-state index in [9.17, 15) is 9.59 Å². The second kappa shape index (κ2) is 9.16. The topological polar surface area (TPSA) is 58.2 Å². The van der Waals surface area contributed by atoms with Gasteiger partial charge in [0.1, 0.15) is 0 Å². The summed E-state index contributed by atoms with van der Waals surface area (Å²) >= 11 is 0. The zero-order chi connectivity index (χ0) is 16.5. The van der Waals surface area contributed by atoms with Crippen molar-refractivity contribution >= 4 is 12.2 Å². The molecular formula is C17H28N2O2. The third kappa shape index (κ3) is 7.49. The van der Waals surface area contributed by atoms with Gasteiger partial charge in [-0.05, 0) is 31.2 Å². The Labute approximate surface area is 128 Å². The van der Waals surface area contributed by atoms with Crippen molar-refractivity contribution in [2.24, 2.45) is 5.41 Å². The van der Waals surface area contributed by atoms with Gasteiger partial charge in [-0.3, -0.25) is 9.59 Å². The molecule has 0 fully saturated rings. The van der Waals surface area contributed by atoms with Crippen molar-refractivity contribution < 1.29 is 9.59 Å². The average molecular weight is 292 g/mol. The number of nitrogens with one attached hydrogen (secondary N) is 2. The van der Waals surface area contributed by atoms with E-state index in [1.54, 1.807) is 13.0 Å². The zero-order valence-corrected chi connectivity index (χ0v) is 14.0. The second-order valence-corrected chi connectivity index (χ2v) is 5.88. The number of amides is 1. The minimum absolute atomic E-state index is 0.0958. The van der Waals surface area contributed by atoms with E-state index in [0.29, 0.717) is 12.7 Å². The summed E-state index contributed by atoms with van der Waals surface area (Å²) in [6.07, 6.45) is 7.60. The van der Waals surface area contributed by atoms with Gasteiger partial charge in [0.25, 0.3) is 0 Å². The fraction of sp³-hybridized carbons (Fsp3) is 0.529. The Hall–Kier alpha value is -1.84. The van der Waals surface area contributed by atoms with E-state index in [2.05, 4.69) is 38.3 Å². The van der Waals surface area contributed by atoms with Crippen molar-refractivity contribution in [1.29, 1.82) is 0 Å². The van der Waals surface area contributed by atoms with Crippen molar-refractivity contribution in [3.8, 4) is 0 Å². The predicted molar refractivity (Wildman–Crippen MR) is 87.3 cm³/mol. The van der Waals surface area contributed by atoms with Gasteiger partial charge in [-0.1, -0.05) is 40.7 Å². The molecule has 0 rings (SSSR count). The van der Waals surface area contributed by atoms with Crippen LogP contribution in [-0.2, 0) is 9.59 Å². The van der Waals surface area contributed by atoms with Crippen molar-refractivity contribution in [3.63, 3.8) is 0 Å². The first kappa shape index (κ1) is 19.2. The molecular weight excluding hydrogens is 264 g/mol. The van der Waals surface area contributed by atoms with Crippen molar-refractivity contribution in [3.05, 3.63) is 35.3 Å². The molecule has 0 aromatic heterocycles. The largest absolute Gasteiger partial charge is 0.365 e. The fourth-order valence-electron chi connectivity index (χ4n) is 1.84. The summed E-state index contributed by atoms with van der Waals surface area (Å²) in [6.45, 7) is 12.0. The number of carbonyl (C=O) groups excluding carboxylic acids is 2. The summed E-state index contributed by atoms with van der Waals surface area (Å²) < 4.78 is 0. The molecule has 0 aliphatic rings. The van der Waals surface area contributed by atoms with E-state index in [4.69, 9.17) is 0 Å². The smallest absolute Gasteiger partial charge is 0.224 e. The highest BCUT2D eigenvalue weighted by atomic mass is 16.2. The van der Waals surface area contributed by atoms with E-state index in [0.717, 1.165) is 17.7 Å². The predicted octanol–water partition coefficient (Wildman–Crippen LogP) is 3.43. The van der Waals surface area contributed by atoms with Gasteiger partial charge in [0.2, 0.25) is 5.91 Å². The highest BCUT2D eigenvalue weighted by Crippen LogP contribution is 2.26. The normalized spacial score (nSPS) is 13.9. The van der Waals surface area contributed by atoms with Crippen LogP contribution < -0.4 is 10.6 Å². The maximum absolute atomic E-state index is 11.4. The van der Waals surface area contributed by atoms with E-state index in [-0.39, 0.29) is 17.0 Å². The highest BCUT2D eigenvalue weighted by molar-refractivity contribution is 5.86. The molecule has 0 aliphatic heterocycles. The number of hydrogen-bond acceptors (Lipinski definition) is 3. The van der Waals surface area contributed by atoms with Crippen LogP contribution in [0.1, 0.15) is 54.4 Å². The van der Waals surface area contributed by atoms with Crippen LogP contribution in [0, 0.1) is 5.41 Å². The molecule has 0 aromatic carbocycles. The van der Waals surface area contributed by atoms with Crippen molar-refractivity contribution in [1.82, 2.24) is 10.6 Å². The van der Waals surface area contributed by atoms with Crippen molar-refractivity contribution in [2.45, 2.75) is 54.4 Å². The summed E-state index contributed by atoms with van der Waals surface area (Å²) in [6, 6.07) is 0.